The van der Waals surface area contributed by atoms with Gasteiger partial charge in [-0.05, 0) is 12.3 Å². The molecule has 1 saturated heterocycles. The number of hydrogen-bond donors (Lipinski definition) is 1. The molecule has 3 nitrogen and oxygen atoms in total. The van der Waals surface area contributed by atoms with E-state index in [0.717, 1.165) is 39.3 Å². The molecule has 1 aliphatic heterocycles. The summed E-state index contributed by atoms with van der Waals surface area (Å²) >= 11 is 0. The molecule has 1 heterocycles. The van der Waals surface area contributed by atoms with Crippen LogP contribution < -0.4 is 0 Å². The summed E-state index contributed by atoms with van der Waals surface area (Å²) in [6.45, 7) is 8.75. The lowest BCUT2D eigenvalue weighted by Gasteiger charge is -2.15. The van der Waals surface area contributed by atoms with Crippen molar-refractivity contribution >= 4 is 0 Å². The van der Waals surface area contributed by atoms with E-state index in [1.54, 1.807) is 0 Å². The van der Waals surface area contributed by atoms with E-state index in [2.05, 4.69) is 18.7 Å². The summed E-state index contributed by atoms with van der Waals surface area (Å²) in [5.74, 6) is 0.615. The number of aliphatic hydroxyl groups excluding tert-OH is 1. The minimum Gasteiger partial charge on any atom is -0.392 e. The molecule has 1 rings (SSSR count). The van der Waals surface area contributed by atoms with Crippen LogP contribution in [0.2, 0.25) is 0 Å². The Kier molecular flexibility index (Phi) is 4.70. The second-order valence-electron chi connectivity index (χ2n) is 4.21. The van der Waals surface area contributed by atoms with Crippen LogP contribution in [0.15, 0.2) is 0 Å². The summed E-state index contributed by atoms with van der Waals surface area (Å²) in [5, 5.41) is 9.26. The van der Waals surface area contributed by atoms with Gasteiger partial charge in [-0.2, -0.15) is 0 Å². The first-order chi connectivity index (χ1) is 6.18. The van der Waals surface area contributed by atoms with Crippen LogP contribution in [0.4, 0.5) is 0 Å². The molecule has 0 bridgehead atoms. The first kappa shape index (κ1) is 11.0. The van der Waals surface area contributed by atoms with E-state index < -0.39 is 0 Å². The Morgan fingerprint density at radius 1 is 1.54 bits per heavy atom. The fourth-order valence-corrected chi connectivity index (χ4v) is 1.53. The van der Waals surface area contributed by atoms with Crippen LogP contribution in [0.25, 0.3) is 0 Å². The summed E-state index contributed by atoms with van der Waals surface area (Å²) in [6, 6.07) is 0. The third kappa shape index (κ3) is 4.60. The van der Waals surface area contributed by atoms with Gasteiger partial charge in [-0.25, -0.2) is 0 Å². The lowest BCUT2D eigenvalue weighted by molar-refractivity contribution is 0.0868. The van der Waals surface area contributed by atoms with Crippen molar-refractivity contribution in [3.8, 4) is 0 Å². The molecule has 3 heteroatoms. The van der Waals surface area contributed by atoms with Gasteiger partial charge in [0.15, 0.2) is 0 Å². The first-order valence-corrected chi connectivity index (χ1v) is 5.16. The number of nitrogens with zero attached hydrogens (tertiary/aromatic N) is 1. The summed E-state index contributed by atoms with van der Waals surface area (Å²) in [7, 11) is 0. The molecule has 0 amide bonds. The van der Waals surface area contributed by atoms with Gasteiger partial charge in [0.25, 0.3) is 0 Å². The normalized spacial score (nSPS) is 24.5. The van der Waals surface area contributed by atoms with E-state index in [1.807, 2.05) is 0 Å². The van der Waals surface area contributed by atoms with Crippen LogP contribution in [0.1, 0.15) is 20.3 Å². The summed E-state index contributed by atoms with van der Waals surface area (Å²) in [5.41, 5.74) is 0. The number of rotatable bonds is 5. The lowest BCUT2D eigenvalue weighted by atomic mass is 10.2. The van der Waals surface area contributed by atoms with E-state index in [0.29, 0.717) is 5.92 Å². The van der Waals surface area contributed by atoms with Crippen molar-refractivity contribution in [3.05, 3.63) is 0 Å². The van der Waals surface area contributed by atoms with Crippen LogP contribution in [-0.4, -0.2) is 49.0 Å². The highest BCUT2D eigenvalue weighted by Gasteiger charge is 2.19. The minimum atomic E-state index is -0.106. The maximum atomic E-state index is 9.26. The van der Waals surface area contributed by atoms with Gasteiger partial charge >= 0.3 is 0 Å². The van der Waals surface area contributed by atoms with E-state index >= 15 is 0 Å². The molecular weight excluding hydrogens is 166 g/mol. The Bertz CT molecular complexity index is 139. The predicted molar refractivity (Wildman–Crippen MR) is 52.7 cm³/mol. The molecule has 0 saturated carbocycles. The first-order valence-electron chi connectivity index (χ1n) is 5.16. The van der Waals surface area contributed by atoms with Gasteiger partial charge in [0, 0.05) is 26.2 Å². The molecule has 0 aromatic heterocycles. The molecule has 1 atom stereocenters. The van der Waals surface area contributed by atoms with Crippen molar-refractivity contribution in [1.82, 2.24) is 4.90 Å². The molecule has 0 aromatic carbocycles. The van der Waals surface area contributed by atoms with Gasteiger partial charge in [-0.15, -0.1) is 0 Å². The van der Waals surface area contributed by atoms with Gasteiger partial charge in [0.1, 0.15) is 0 Å². The Morgan fingerprint density at radius 3 is 2.85 bits per heavy atom. The zero-order valence-electron chi connectivity index (χ0n) is 8.70. The second-order valence-corrected chi connectivity index (χ2v) is 4.21. The highest BCUT2D eigenvalue weighted by molar-refractivity contribution is 4.73. The number of β-amino-alcohol motifs (C(OH)–C–C–N with tert-alkyl or cyclic N) is 1. The zero-order valence-corrected chi connectivity index (χ0v) is 8.70. The summed E-state index contributed by atoms with van der Waals surface area (Å²) in [4.78, 5) is 2.25. The van der Waals surface area contributed by atoms with E-state index in [-0.39, 0.29) is 6.10 Å². The molecule has 1 aliphatic rings. The molecule has 0 aromatic rings. The smallest absolute Gasteiger partial charge is 0.0679 e. The molecule has 0 radical (unpaired) electrons. The van der Waals surface area contributed by atoms with E-state index in [4.69, 9.17) is 4.74 Å². The highest BCUT2D eigenvalue weighted by Crippen LogP contribution is 2.07. The third-order valence-corrected chi connectivity index (χ3v) is 2.25. The Balaban J connectivity index is 1.94. The minimum absolute atomic E-state index is 0.106. The van der Waals surface area contributed by atoms with Crippen LogP contribution >= 0.6 is 0 Å². The summed E-state index contributed by atoms with van der Waals surface area (Å²) < 4.78 is 5.47. The van der Waals surface area contributed by atoms with Crippen LogP contribution in [0.5, 0.6) is 0 Å². The number of aliphatic hydroxyl groups is 1. The number of hydrogen-bond acceptors (Lipinski definition) is 3. The fraction of sp³-hybridized carbons (Fsp3) is 1.00. The average Bonchev–Trinajstić information content (AvgIpc) is 2.45. The molecule has 0 unspecified atom stereocenters. The fourth-order valence-electron chi connectivity index (χ4n) is 1.53. The molecule has 1 N–H and O–H groups in total. The number of likely N-dealkylation sites (tertiary alicyclic amines) is 1. The van der Waals surface area contributed by atoms with Crippen LogP contribution in [0, 0.1) is 5.92 Å². The monoisotopic (exact) mass is 187 g/mol. The molecule has 0 spiro atoms. The highest BCUT2D eigenvalue weighted by atomic mass is 16.5. The topological polar surface area (TPSA) is 32.7 Å². The Labute approximate surface area is 80.7 Å². The molecule has 13 heavy (non-hydrogen) atoms. The Morgan fingerprint density at radius 2 is 2.31 bits per heavy atom. The number of ether oxygens (including phenoxy) is 1. The van der Waals surface area contributed by atoms with Crippen LogP contribution in [0.3, 0.4) is 0 Å². The van der Waals surface area contributed by atoms with Gasteiger partial charge in [-0.3, -0.25) is 4.90 Å². The average molecular weight is 187 g/mol. The predicted octanol–water partition coefficient (Wildman–Crippen LogP) is 0.726. The van der Waals surface area contributed by atoms with Gasteiger partial charge < -0.3 is 9.84 Å². The molecular formula is C10H21NO2. The van der Waals surface area contributed by atoms with Gasteiger partial charge in [0.2, 0.25) is 0 Å². The van der Waals surface area contributed by atoms with Crippen molar-refractivity contribution in [1.29, 1.82) is 0 Å². The van der Waals surface area contributed by atoms with Crippen molar-refractivity contribution in [3.63, 3.8) is 0 Å². The second kappa shape index (κ2) is 5.58. The van der Waals surface area contributed by atoms with Crippen molar-refractivity contribution in [2.24, 2.45) is 5.92 Å². The summed E-state index contributed by atoms with van der Waals surface area (Å²) in [6.07, 6.45) is 0.814. The molecule has 78 valence electrons. The standard InChI is InChI=1S/C10H21NO2/c1-9(2)8-13-6-5-11-4-3-10(12)7-11/h9-10,12H,3-8H2,1-2H3/t10-/m1/s1. The zero-order chi connectivity index (χ0) is 9.68. The van der Waals surface area contributed by atoms with Crippen molar-refractivity contribution in [2.75, 3.05) is 32.8 Å². The lowest BCUT2D eigenvalue weighted by Crippen LogP contribution is -2.26. The SMILES string of the molecule is CC(C)COCCN1CC[C@@H](O)C1. The van der Waals surface area contributed by atoms with Gasteiger partial charge in [0.05, 0.1) is 12.7 Å². The van der Waals surface area contributed by atoms with Crippen LogP contribution in [-0.2, 0) is 4.74 Å². The maximum Gasteiger partial charge on any atom is 0.0679 e. The third-order valence-electron chi connectivity index (χ3n) is 2.25. The molecule has 1 fully saturated rings. The molecule has 0 aliphatic carbocycles. The van der Waals surface area contributed by atoms with E-state index in [9.17, 15) is 5.11 Å². The Hall–Kier alpha value is -0.120. The maximum absolute atomic E-state index is 9.26. The van der Waals surface area contributed by atoms with Gasteiger partial charge in [-0.1, -0.05) is 13.8 Å². The van der Waals surface area contributed by atoms with Crippen molar-refractivity contribution < 1.29 is 9.84 Å². The quantitative estimate of drug-likeness (QED) is 0.644. The van der Waals surface area contributed by atoms with E-state index in [1.165, 1.54) is 0 Å². The largest absolute Gasteiger partial charge is 0.392 e. The van der Waals surface area contributed by atoms with Crippen molar-refractivity contribution in [2.45, 2.75) is 26.4 Å².